The molecule has 1 aromatic heterocycles. The van der Waals surface area contributed by atoms with Gasteiger partial charge < -0.3 is 0 Å². The normalized spacial score (nSPS) is 12.5. The highest BCUT2D eigenvalue weighted by Gasteiger charge is 2.43. The Kier molecular flexibility index (Phi) is 4.37. The second-order valence-corrected chi connectivity index (χ2v) is 4.67. The SMILES string of the molecule is FC(F)(F)c1cnc([CH]c2ccccc2)c(C(F)(F)F)c1Cl. The van der Waals surface area contributed by atoms with Gasteiger partial charge in [0.05, 0.1) is 21.8 Å². The van der Waals surface area contributed by atoms with Crippen LogP contribution in [0, 0.1) is 6.42 Å². The van der Waals surface area contributed by atoms with Crippen LogP contribution < -0.4 is 0 Å². The van der Waals surface area contributed by atoms with E-state index in [1.165, 1.54) is 12.1 Å². The van der Waals surface area contributed by atoms with E-state index in [4.69, 9.17) is 11.6 Å². The van der Waals surface area contributed by atoms with Crippen molar-refractivity contribution in [1.29, 1.82) is 0 Å². The molecule has 0 spiro atoms. The number of alkyl halides is 6. The van der Waals surface area contributed by atoms with Crippen LogP contribution in [0.4, 0.5) is 26.3 Å². The third-order valence-electron chi connectivity index (χ3n) is 2.74. The summed E-state index contributed by atoms with van der Waals surface area (Å²) in [6.45, 7) is 0. The maximum atomic E-state index is 13.1. The number of aromatic nitrogens is 1. The summed E-state index contributed by atoms with van der Waals surface area (Å²) < 4.78 is 77.2. The summed E-state index contributed by atoms with van der Waals surface area (Å²) in [5.41, 5.74) is -3.53. The number of hydrogen-bond donors (Lipinski definition) is 0. The van der Waals surface area contributed by atoms with Gasteiger partial charge in [-0.15, -0.1) is 0 Å². The maximum absolute atomic E-state index is 13.1. The van der Waals surface area contributed by atoms with Crippen molar-refractivity contribution in [2.45, 2.75) is 12.4 Å². The van der Waals surface area contributed by atoms with E-state index in [0.29, 0.717) is 11.8 Å². The molecule has 0 atom stereocenters. The van der Waals surface area contributed by atoms with Gasteiger partial charge in [-0.3, -0.25) is 4.98 Å². The molecular formula is C14H7ClF6N. The van der Waals surface area contributed by atoms with E-state index >= 15 is 0 Å². The highest BCUT2D eigenvalue weighted by Crippen LogP contribution is 2.43. The van der Waals surface area contributed by atoms with Crippen molar-refractivity contribution in [3.05, 3.63) is 70.4 Å². The van der Waals surface area contributed by atoms with E-state index < -0.39 is 34.2 Å². The van der Waals surface area contributed by atoms with E-state index in [9.17, 15) is 26.3 Å². The molecule has 1 aromatic carbocycles. The van der Waals surface area contributed by atoms with Gasteiger partial charge in [-0.2, -0.15) is 26.3 Å². The molecule has 0 N–H and O–H groups in total. The number of rotatable bonds is 2. The van der Waals surface area contributed by atoms with Gasteiger partial charge in [-0.05, 0) is 5.56 Å². The standard InChI is InChI=1S/C14H7ClF6N/c15-12-9(13(16,17)18)7-22-10(11(12)14(19,20)21)6-8-4-2-1-3-5-8/h1-7H. The average molecular weight is 339 g/mol. The fourth-order valence-electron chi connectivity index (χ4n) is 1.79. The van der Waals surface area contributed by atoms with Crippen LogP contribution in [-0.2, 0) is 12.4 Å². The Hall–Kier alpha value is -1.76. The van der Waals surface area contributed by atoms with Crippen LogP contribution in [0.1, 0.15) is 22.4 Å². The Morgan fingerprint density at radius 3 is 2.00 bits per heavy atom. The number of nitrogens with zero attached hydrogens (tertiary/aromatic N) is 1. The fraction of sp³-hybridized carbons (Fsp3) is 0.143. The molecule has 0 fully saturated rings. The maximum Gasteiger partial charge on any atom is 0.419 e. The topological polar surface area (TPSA) is 12.9 Å². The predicted octanol–water partition coefficient (Wildman–Crippen LogP) is 5.37. The molecule has 0 aliphatic heterocycles. The van der Waals surface area contributed by atoms with Crippen LogP contribution >= 0.6 is 11.6 Å². The smallest absolute Gasteiger partial charge is 0.259 e. The minimum atomic E-state index is -5.06. The quantitative estimate of drug-likeness (QED) is 0.670. The fourth-order valence-corrected chi connectivity index (χ4v) is 2.15. The molecule has 0 saturated heterocycles. The van der Waals surface area contributed by atoms with E-state index in [-0.39, 0.29) is 0 Å². The first-order valence-corrected chi connectivity index (χ1v) is 6.21. The van der Waals surface area contributed by atoms with Gasteiger partial charge in [0, 0.05) is 12.6 Å². The van der Waals surface area contributed by atoms with Crippen LogP contribution in [-0.4, -0.2) is 4.98 Å². The molecule has 117 valence electrons. The van der Waals surface area contributed by atoms with Gasteiger partial charge in [-0.25, -0.2) is 0 Å². The van der Waals surface area contributed by atoms with Crippen molar-refractivity contribution in [2.75, 3.05) is 0 Å². The van der Waals surface area contributed by atoms with E-state index in [1.807, 2.05) is 0 Å². The largest absolute Gasteiger partial charge is 0.419 e. The van der Waals surface area contributed by atoms with Gasteiger partial charge in [0.15, 0.2) is 0 Å². The van der Waals surface area contributed by atoms with Crippen molar-refractivity contribution in [2.24, 2.45) is 0 Å². The summed E-state index contributed by atoms with van der Waals surface area (Å²) in [5.74, 6) is 0. The van der Waals surface area contributed by atoms with Crippen molar-refractivity contribution in [1.82, 2.24) is 4.98 Å². The van der Waals surface area contributed by atoms with E-state index in [0.717, 1.165) is 6.42 Å². The molecule has 1 heterocycles. The predicted molar refractivity (Wildman–Crippen MR) is 68.2 cm³/mol. The Labute approximate surface area is 126 Å². The highest BCUT2D eigenvalue weighted by molar-refractivity contribution is 6.32. The molecule has 0 amide bonds. The lowest BCUT2D eigenvalue weighted by molar-refractivity contribution is -0.143. The summed E-state index contributed by atoms with van der Waals surface area (Å²) in [6, 6.07) is 7.78. The second-order valence-electron chi connectivity index (χ2n) is 4.30. The zero-order valence-corrected chi connectivity index (χ0v) is 11.4. The van der Waals surface area contributed by atoms with Crippen LogP contribution in [0.5, 0.6) is 0 Å². The Morgan fingerprint density at radius 2 is 1.50 bits per heavy atom. The molecule has 2 rings (SSSR count). The number of benzene rings is 1. The van der Waals surface area contributed by atoms with E-state index in [2.05, 4.69) is 4.98 Å². The van der Waals surface area contributed by atoms with Crippen LogP contribution in [0.15, 0.2) is 36.5 Å². The number of pyridine rings is 1. The zero-order chi connectivity index (χ0) is 16.5. The number of halogens is 7. The third-order valence-corrected chi connectivity index (χ3v) is 3.13. The lowest BCUT2D eigenvalue weighted by Crippen LogP contribution is -2.16. The minimum Gasteiger partial charge on any atom is -0.259 e. The van der Waals surface area contributed by atoms with Crippen molar-refractivity contribution < 1.29 is 26.3 Å². The van der Waals surface area contributed by atoms with Crippen molar-refractivity contribution in [3.8, 4) is 0 Å². The number of hydrogen-bond acceptors (Lipinski definition) is 1. The van der Waals surface area contributed by atoms with Gasteiger partial charge in [0.25, 0.3) is 0 Å². The molecule has 22 heavy (non-hydrogen) atoms. The summed E-state index contributed by atoms with van der Waals surface area (Å²) in [5, 5.41) is -1.41. The summed E-state index contributed by atoms with van der Waals surface area (Å²) in [6.07, 6.45) is -8.76. The lowest BCUT2D eigenvalue weighted by Gasteiger charge is -2.17. The molecule has 1 radical (unpaired) electrons. The summed E-state index contributed by atoms with van der Waals surface area (Å²) >= 11 is 5.35. The summed E-state index contributed by atoms with van der Waals surface area (Å²) in [4.78, 5) is 3.29. The van der Waals surface area contributed by atoms with Crippen molar-refractivity contribution in [3.63, 3.8) is 0 Å². The average Bonchev–Trinajstić information content (AvgIpc) is 2.36. The van der Waals surface area contributed by atoms with Crippen LogP contribution in [0.3, 0.4) is 0 Å². The highest BCUT2D eigenvalue weighted by atomic mass is 35.5. The van der Waals surface area contributed by atoms with Crippen molar-refractivity contribution >= 4 is 11.6 Å². The zero-order valence-electron chi connectivity index (χ0n) is 10.6. The van der Waals surface area contributed by atoms with Crippen LogP contribution in [0.25, 0.3) is 0 Å². The van der Waals surface area contributed by atoms with Gasteiger partial charge in [-0.1, -0.05) is 41.9 Å². The molecule has 0 unspecified atom stereocenters. The van der Waals surface area contributed by atoms with Gasteiger partial charge in [0.1, 0.15) is 0 Å². The second kappa shape index (κ2) is 5.79. The Bertz CT molecular complexity index is 664. The Balaban J connectivity index is 2.58. The van der Waals surface area contributed by atoms with E-state index in [1.54, 1.807) is 18.2 Å². The van der Waals surface area contributed by atoms with Gasteiger partial charge in [0.2, 0.25) is 0 Å². The molecule has 0 aliphatic carbocycles. The molecule has 0 aliphatic rings. The van der Waals surface area contributed by atoms with Gasteiger partial charge >= 0.3 is 12.4 Å². The molecule has 0 bridgehead atoms. The first-order chi connectivity index (χ1) is 10.1. The monoisotopic (exact) mass is 338 g/mol. The molecule has 0 saturated carbocycles. The lowest BCUT2D eigenvalue weighted by atomic mass is 10.0. The third kappa shape index (κ3) is 3.52. The molecule has 2 aromatic rings. The Morgan fingerprint density at radius 1 is 0.909 bits per heavy atom. The molecule has 8 heteroatoms. The molecular weight excluding hydrogens is 332 g/mol. The summed E-state index contributed by atoms with van der Waals surface area (Å²) in [7, 11) is 0. The molecule has 1 nitrogen and oxygen atoms in total. The first-order valence-electron chi connectivity index (χ1n) is 5.83. The first kappa shape index (κ1) is 16.6. The minimum absolute atomic E-state index is 0.298. The van der Waals surface area contributed by atoms with Crippen LogP contribution in [0.2, 0.25) is 5.02 Å².